The number of pyridine rings is 1. The highest BCUT2D eigenvalue weighted by Crippen LogP contribution is 2.26. The first-order valence-electron chi connectivity index (χ1n) is 10.2. The molecule has 2 unspecified atom stereocenters. The lowest BCUT2D eigenvalue weighted by atomic mass is 9.94. The average molecular weight is 431 g/mol. The first-order valence-corrected chi connectivity index (χ1v) is 11.6. The Labute approximate surface area is 179 Å². The van der Waals surface area contributed by atoms with Gasteiger partial charge in [-0.2, -0.15) is 4.31 Å². The number of nitrogens with one attached hydrogen (secondary N) is 1. The van der Waals surface area contributed by atoms with Crippen LogP contribution in [0.1, 0.15) is 36.2 Å². The molecule has 1 aliphatic rings. The number of benzene rings is 1. The number of hydrogen-bond acceptors (Lipinski definition) is 5. The monoisotopic (exact) mass is 430 g/mol. The van der Waals surface area contributed by atoms with Crippen LogP contribution in [0.25, 0.3) is 0 Å². The van der Waals surface area contributed by atoms with Gasteiger partial charge in [0.05, 0.1) is 4.90 Å². The number of amides is 1. The van der Waals surface area contributed by atoms with Gasteiger partial charge >= 0.3 is 0 Å². The molecule has 1 aromatic heterocycles. The van der Waals surface area contributed by atoms with Crippen molar-refractivity contribution < 1.29 is 13.2 Å². The lowest BCUT2D eigenvalue weighted by Crippen LogP contribution is -2.42. The van der Waals surface area contributed by atoms with E-state index >= 15 is 0 Å². The predicted octanol–water partition coefficient (Wildman–Crippen LogP) is 2.74. The van der Waals surface area contributed by atoms with Crippen LogP contribution >= 0.6 is 0 Å². The van der Waals surface area contributed by atoms with Crippen LogP contribution in [0.4, 0.5) is 5.82 Å². The van der Waals surface area contributed by atoms with E-state index in [2.05, 4.69) is 24.1 Å². The highest BCUT2D eigenvalue weighted by Gasteiger charge is 2.31. The van der Waals surface area contributed by atoms with E-state index in [1.807, 2.05) is 31.1 Å². The number of piperidine rings is 1. The van der Waals surface area contributed by atoms with Gasteiger partial charge in [-0.1, -0.05) is 19.9 Å². The summed E-state index contributed by atoms with van der Waals surface area (Å²) < 4.78 is 27.5. The van der Waals surface area contributed by atoms with E-state index in [4.69, 9.17) is 0 Å². The van der Waals surface area contributed by atoms with Crippen LogP contribution in [-0.4, -0.2) is 50.8 Å². The highest BCUT2D eigenvalue weighted by atomic mass is 32.2. The van der Waals surface area contributed by atoms with E-state index in [1.54, 1.807) is 22.6 Å². The van der Waals surface area contributed by atoms with E-state index in [0.717, 1.165) is 17.8 Å². The smallest absolute Gasteiger partial charge is 0.251 e. The Bertz CT molecular complexity index is 980. The van der Waals surface area contributed by atoms with Crippen LogP contribution in [0.15, 0.2) is 47.5 Å². The number of nitrogens with zero attached hydrogens (tertiary/aromatic N) is 3. The van der Waals surface area contributed by atoms with Crippen molar-refractivity contribution in [2.75, 3.05) is 32.1 Å². The Kier molecular flexibility index (Phi) is 6.77. The zero-order valence-electron chi connectivity index (χ0n) is 18.0. The Balaban J connectivity index is 1.69. The minimum atomic E-state index is -3.55. The van der Waals surface area contributed by atoms with Gasteiger partial charge in [-0.25, -0.2) is 13.4 Å². The lowest BCUT2D eigenvalue weighted by molar-refractivity contribution is 0.0951. The van der Waals surface area contributed by atoms with Gasteiger partial charge in [0.15, 0.2) is 0 Å². The largest absolute Gasteiger partial charge is 0.362 e. The van der Waals surface area contributed by atoms with Crippen molar-refractivity contribution >= 4 is 21.7 Å². The number of rotatable bonds is 6. The number of anilines is 1. The van der Waals surface area contributed by atoms with Crippen molar-refractivity contribution in [1.29, 1.82) is 0 Å². The quantitative estimate of drug-likeness (QED) is 0.762. The third-order valence-corrected chi connectivity index (χ3v) is 7.17. The Morgan fingerprint density at radius 2 is 1.77 bits per heavy atom. The van der Waals surface area contributed by atoms with E-state index in [1.165, 1.54) is 12.1 Å². The molecule has 162 valence electrons. The maximum Gasteiger partial charge on any atom is 0.251 e. The van der Waals surface area contributed by atoms with Gasteiger partial charge in [0.1, 0.15) is 5.82 Å². The molecule has 1 aromatic carbocycles. The van der Waals surface area contributed by atoms with Crippen molar-refractivity contribution in [3.05, 3.63) is 53.7 Å². The van der Waals surface area contributed by atoms with Crippen LogP contribution in [0, 0.1) is 11.8 Å². The molecule has 0 bridgehead atoms. The summed E-state index contributed by atoms with van der Waals surface area (Å²) in [5.74, 6) is 1.22. The molecule has 8 heteroatoms. The Morgan fingerprint density at radius 3 is 2.37 bits per heavy atom. The van der Waals surface area contributed by atoms with Crippen molar-refractivity contribution in [1.82, 2.24) is 14.6 Å². The molecule has 0 saturated carbocycles. The molecular weight excluding hydrogens is 400 g/mol. The van der Waals surface area contributed by atoms with Gasteiger partial charge in [0, 0.05) is 51.1 Å². The second kappa shape index (κ2) is 9.14. The Morgan fingerprint density at radius 1 is 1.13 bits per heavy atom. The van der Waals surface area contributed by atoms with Crippen molar-refractivity contribution in [2.24, 2.45) is 11.8 Å². The number of carbonyl (C=O) groups excluding carboxylic acids is 1. The minimum absolute atomic E-state index is 0.225. The summed E-state index contributed by atoms with van der Waals surface area (Å²) in [7, 11) is 0.246. The maximum atomic E-state index is 13.0. The summed E-state index contributed by atoms with van der Waals surface area (Å²) in [5, 5.41) is 2.88. The molecule has 2 atom stereocenters. The van der Waals surface area contributed by atoms with E-state index < -0.39 is 10.0 Å². The first-order chi connectivity index (χ1) is 14.2. The summed E-state index contributed by atoms with van der Waals surface area (Å²) >= 11 is 0. The fourth-order valence-corrected chi connectivity index (χ4v) is 5.66. The standard InChI is InChI=1S/C22H30N4O3S/c1-16-12-17(2)15-26(14-16)30(28,29)20-9-7-18(8-10-20)22(27)24-13-19-6-5-11-23-21(19)25(3)4/h5-11,16-17H,12-15H2,1-4H3,(H,24,27). The summed E-state index contributed by atoms with van der Waals surface area (Å²) in [4.78, 5) is 19.0. The normalized spacial score (nSPS) is 20.0. The topological polar surface area (TPSA) is 82.6 Å². The Hall–Kier alpha value is -2.45. The number of hydrogen-bond donors (Lipinski definition) is 1. The second-order valence-electron chi connectivity index (χ2n) is 8.36. The van der Waals surface area contributed by atoms with Crippen LogP contribution in [0.2, 0.25) is 0 Å². The molecule has 0 aliphatic carbocycles. The van der Waals surface area contributed by atoms with Crippen molar-refractivity contribution in [3.8, 4) is 0 Å². The van der Waals surface area contributed by atoms with Crippen LogP contribution in [-0.2, 0) is 16.6 Å². The third-order valence-electron chi connectivity index (χ3n) is 5.32. The van der Waals surface area contributed by atoms with Crippen molar-refractivity contribution in [3.63, 3.8) is 0 Å². The molecule has 7 nitrogen and oxygen atoms in total. The van der Waals surface area contributed by atoms with Gasteiger partial charge in [-0.05, 0) is 48.6 Å². The van der Waals surface area contributed by atoms with E-state index in [0.29, 0.717) is 37.0 Å². The molecule has 30 heavy (non-hydrogen) atoms. The summed E-state index contributed by atoms with van der Waals surface area (Å²) in [6.07, 6.45) is 2.75. The summed E-state index contributed by atoms with van der Waals surface area (Å²) in [5.41, 5.74) is 1.33. The summed E-state index contributed by atoms with van der Waals surface area (Å²) in [6, 6.07) is 9.91. The number of carbonyl (C=O) groups is 1. The molecule has 1 saturated heterocycles. The van der Waals surface area contributed by atoms with Gasteiger partial charge in [-0.15, -0.1) is 0 Å². The number of sulfonamides is 1. The molecule has 0 radical (unpaired) electrons. The molecule has 1 fully saturated rings. The zero-order valence-corrected chi connectivity index (χ0v) is 18.8. The van der Waals surface area contributed by atoms with Crippen LogP contribution in [0.5, 0.6) is 0 Å². The van der Waals surface area contributed by atoms with E-state index in [-0.39, 0.29) is 10.8 Å². The fraction of sp³-hybridized carbons (Fsp3) is 0.455. The molecule has 1 aliphatic heterocycles. The van der Waals surface area contributed by atoms with Gasteiger partial charge < -0.3 is 10.2 Å². The molecule has 2 heterocycles. The molecule has 1 amide bonds. The molecule has 2 aromatic rings. The first kappa shape index (κ1) is 22.2. The second-order valence-corrected chi connectivity index (χ2v) is 10.3. The number of aromatic nitrogens is 1. The zero-order chi connectivity index (χ0) is 21.9. The maximum absolute atomic E-state index is 13.0. The lowest BCUT2D eigenvalue weighted by Gasteiger charge is -2.34. The highest BCUT2D eigenvalue weighted by molar-refractivity contribution is 7.89. The summed E-state index contributed by atoms with van der Waals surface area (Å²) in [6.45, 7) is 5.57. The van der Waals surface area contributed by atoms with Crippen LogP contribution < -0.4 is 10.2 Å². The predicted molar refractivity (Wildman–Crippen MR) is 118 cm³/mol. The molecule has 3 rings (SSSR count). The van der Waals surface area contributed by atoms with Crippen molar-refractivity contribution in [2.45, 2.75) is 31.7 Å². The fourth-order valence-electron chi connectivity index (χ4n) is 3.98. The van der Waals surface area contributed by atoms with Gasteiger partial charge in [0.25, 0.3) is 5.91 Å². The molecule has 1 N–H and O–H groups in total. The van der Waals surface area contributed by atoms with Crippen LogP contribution in [0.3, 0.4) is 0 Å². The minimum Gasteiger partial charge on any atom is -0.362 e. The average Bonchev–Trinajstić information content (AvgIpc) is 2.71. The molecule has 0 spiro atoms. The molecular formula is C22H30N4O3S. The third kappa shape index (κ3) is 4.99. The van der Waals surface area contributed by atoms with Gasteiger partial charge in [-0.3, -0.25) is 4.79 Å². The SMILES string of the molecule is CC1CC(C)CN(S(=O)(=O)c2ccc(C(=O)NCc3cccnc3N(C)C)cc2)C1. The van der Waals surface area contributed by atoms with Gasteiger partial charge in [0.2, 0.25) is 10.0 Å². The van der Waals surface area contributed by atoms with E-state index in [9.17, 15) is 13.2 Å².